The van der Waals surface area contributed by atoms with Crippen LogP contribution >= 0.6 is 11.3 Å². The van der Waals surface area contributed by atoms with Crippen molar-refractivity contribution in [3.63, 3.8) is 0 Å². The molecule has 0 fully saturated rings. The van der Waals surface area contributed by atoms with Crippen molar-refractivity contribution in [3.8, 4) is 5.75 Å². The van der Waals surface area contributed by atoms with E-state index >= 15 is 0 Å². The summed E-state index contributed by atoms with van der Waals surface area (Å²) in [5.41, 5.74) is 0.606. The first kappa shape index (κ1) is 14.5. The van der Waals surface area contributed by atoms with Crippen molar-refractivity contribution >= 4 is 22.2 Å². The van der Waals surface area contributed by atoms with E-state index in [1.54, 1.807) is 35.9 Å². The molecule has 114 valence electrons. The SMILES string of the molecule is COc1ccc(C(=O)NCCc2nn3c(C)nnc3s2)cc1. The molecule has 0 unspecified atom stereocenters. The highest BCUT2D eigenvalue weighted by Crippen LogP contribution is 2.14. The van der Waals surface area contributed by atoms with Crippen molar-refractivity contribution in [2.45, 2.75) is 13.3 Å². The Morgan fingerprint density at radius 3 is 2.77 bits per heavy atom. The van der Waals surface area contributed by atoms with Gasteiger partial charge in [-0.05, 0) is 31.2 Å². The number of nitrogens with one attached hydrogen (secondary N) is 1. The zero-order chi connectivity index (χ0) is 15.5. The lowest BCUT2D eigenvalue weighted by Crippen LogP contribution is -2.25. The van der Waals surface area contributed by atoms with E-state index in [1.807, 2.05) is 6.92 Å². The molecule has 3 aromatic rings. The maximum atomic E-state index is 12.0. The second-order valence-corrected chi connectivity index (χ2v) is 5.71. The number of amides is 1. The van der Waals surface area contributed by atoms with Crippen LogP contribution in [0, 0.1) is 6.92 Å². The molecule has 0 saturated heterocycles. The zero-order valence-electron chi connectivity index (χ0n) is 12.2. The van der Waals surface area contributed by atoms with Gasteiger partial charge < -0.3 is 10.1 Å². The molecule has 0 atom stereocenters. The normalized spacial score (nSPS) is 10.8. The lowest BCUT2D eigenvalue weighted by molar-refractivity contribution is 0.0954. The van der Waals surface area contributed by atoms with Crippen LogP contribution in [0.5, 0.6) is 5.75 Å². The van der Waals surface area contributed by atoms with Crippen LogP contribution in [0.3, 0.4) is 0 Å². The number of rotatable bonds is 5. The minimum absolute atomic E-state index is 0.109. The van der Waals surface area contributed by atoms with E-state index in [2.05, 4.69) is 20.6 Å². The molecule has 2 aromatic heterocycles. The van der Waals surface area contributed by atoms with Crippen molar-refractivity contribution in [3.05, 3.63) is 40.7 Å². The number of nitrogens with zero attached hydrogens (tertiary/aromatic N) is 4. The number of carbonyl (C=O) groups is 1. The summed E-state index contributed by atoms with van der Waals surface area (Å²) in [6, 6.07) is 7.00. The minimum Gasteiger partial charge on any atom is -0.497 e. The summed E-state index contributed by atoms with van der Waals surface area (Å²) in [4.78, 5) is 12.8. The maximum Gasteiger partial charge on any atom is 0.251 e. The fourth-order valence-corrected chi connectivity index (χ4v) is 2.86. The second-order valence-electron chi connectivity index (χ2n) is 4.67. The number of aryl methyl sites for hydroxylation is 1. The van der Waals surface area contributed by atoms with Gasteiger partial charge in [0.15, 0.2) is 5.82 Å². The van der Waals surface area contributed by atoms with Gasteiger partial charge >= 0.3 is 0 Å². The Labute approximate surface area is 130 Å². The van der Waals surface area contributed by atoms with Gasteiger partial charge in [-0.15, -0.1) is 10.2 Å². The molecule has 3 rings (SSSR count). The zero-order valence-corrected chi connectivity index (χ0v) is 13.1. The number of ether oxygens (including phenoxy) is 1. The monoisotopic (exact) mass is 317 g/mol. The third-order valence-electron chi connectivity index (χ3n) is 3.17. The van der Waals surface area contributed by atoms with E-state index in [1.165, 1.54) is 11.3 Å². The average molecular weight is 317 g/mol. The third-order valence-corrected chi connectivity index (χ3v) is 4.12. The summed E-state index contributed by atoms with van der Waals surface area (Å²) in [5.74, 6) is 1.38. The van der Waals surface area contributed by atoms with Crippen LogP contribution in [0.15, 0.2) is 24.3 Å². The molecule has 1 N–H and O–H groups in total. The summed E-state index contributed by atoms with van der Waals surface area (Å²) in [7, 11) is 1.59. The Morgan fingerprint density at radius 1 is 1.32 bits per heavy atom. The molecule has 22 heavy (non-hydrogen) atoms. The van der Waals surface area contributed by atoms with E-state index in [9.17, 15) is 4.79 Å². The van der Waals surface area contributed by atoms with Crippen LogP contribution in [0.1, 0.15) is 21.2 Å². The maximum absolute atomic E-state index is 12.0. The number of fused-ring (bicyclic) bond motifs is 1. The van der Waals surface area contributed by atoms with Crippen molar-refractivity contribution in [2.24, 2.45) is 0 Å². The van der Waals surface area contributed by atoms with E-state index in [0.717, 1.165) is 21.5 Å². The Hall–Kier alpha value is -2.48. The fraction of sp³-hybridized carbons (Fsp3) is 0.286. The Morgan fingerprint density at radius 2 is 2.09 bits per heavy atom. The molecular weight excluding hydrogens is 302 g/mol. The highest BCUT2D eigenvalue weighted by atomic mass is 32.1. The minimum atomic E-state index is -0.109. The fourth-order valence-electron chi connectivity index (χ4n) is 1.98. The number of aromatic nitrogens is 4. The first-order valence-electron chi connectivity index (χ1n) is 6.77. The van der Waals surface area contributed by atoms with E-state index < -0.39 is 0 Å². The molecule has 1 amide bonds. The second kappa shape index (κ2) is 6.10. The van der Waals surface area contributed by atoms with E-state index in [4.69, 9.17) is 4.74 Å². The van der Waals surface area contributed by atoms with Gasteiger partial charge in [0, 0.05) is 18.5 Å². The molecule has 0 spiro atoms. The van der Waals surface area contributed by atoms with Gasteiger partial charge in [0.25, 0.3) is 5.91 Å². The van der Waals surface area contributed by atoms with Gasteiger partial charge in [0.05, 0.1) is 7.11 Å². The third kappa shape index (κ3) is 2.91. The summed E-state index contributed by atoms with van der Waals surface area (Å²) in [5, 5.41) is 16.2. The van der Waals surface area contributed by atoms with Crippen molar-refractivity contribution in [1.82, 2.24) is 25.1 Å². The average Bonchev–Trinajstić information content (AvgIpc) is 3.09. The molecule has 0 aliphatic carbocycles. The van der Waals surface area contributed by atoms with Crippen molar-refractivity contribution in [1.29, 1.82) is 0 Å². The Balaban J connectivity index is 1.56. The van der Waals surface area contributed by atoms with Gasteiger partial charge in [0.2, 0.25) is 4.96 Å². The van der Waals surface area contributed by atoms with Crippen LogP contribution in [0.4, 0.5) is 0 Å². The topological polar surface area (TPSA) is 81.4 Å². The van der Waals surface area contributed by atoms with Crippen LogP contribution in [0.25, 0.3) is 4.96 Å². The van der Waals surface area contributed by atoms with Gasteiger partial charge in [0.1, 0.15) is 10.8 Å². The molecule has 0 aliphatic heterocycles. The lowest BCUT2D eigenvalue weighted by Gasteiger charge is -2.05. The molecule has 1 aromatic carbocycles. The molecule has 8 heteroatoms. The molecule has 0 saturated carbocycles. The smallest absolute Gasteiger partial charge is 0.251 e. The first-order chi connectivity index (χ1) is 10.7. The predicted octanol–water partition coefficient (Wildman–Crippen LogP) is 1.48. The highest BCUT2D eigenvalue weighted by Gasteiger charge is 2.09. The lowest BCUT2D eigenvalue weighted by atomic mass is 10.2. The van der Waals surface area contributed by atoms with Crippen LogP contribution in [-0.4, -0.2) is 39.4 Å². The number of methoxy groups -OCH3 is 1. The van der Waals surface area contributed by atoms with Gasteiger partial charge in [-0.2, -0.15) is 9.61 Å². The molecule has 0 bridgehead atoms. The Kier molecular flexibility index (Phi) is 4.01. The first-order valence-corrected chi connectivity index (χ1v) is 7.59. The molecule has 2 heterocycles. The number of hydrogen-bond acceptors (Lipinski definition) is 6. The van der Waals surface area contributed by atoms with E-state index in [0.29, 0.717) is 18.5 Å². The summed E-state index contributed by atoms with van der Waals surface area (Å²) in [6.07, 6.45) is 0.662. The highest BCUT2D eigenvalue weighted by molar-refractivity contribution is 7.16. The quantitative estimate of drug-likeness (QED) is 0.771. The summed E-state index contributed by atoms with van der Waals surface area (Å²) in [6.45, 7) is 2.38. The Bertz CT molecular complexity index is 793. The molecule has 7 nitrogen and oxygen atoms in total. The number of benzene rings is 1. The molecule has 0 radical (unpaired) electrons. The van der Waals surface area contributed by atoms with Gasteiger partial charge in [-0.3, -0.25) is 4.79 Å². The van der Waals surface area contributed by atoms with Gasteiger partial charge in [-0.1, -0.05) is 11.3 Å². The largest absolute Gasteiger partial charge is 0.497 e. The molecule has 0 aliphatic rings. The standard InChI is InChI=1S/C14H15N5O2S/c1-9-16-17-14-19(9)18-12(22-14)7-8-15-13(20)10-3-5-11(21-2)6-4-10/h3-6H,7-8H2,1-2H3,(H,15,20). The van der Waals surface area contributed by atoms with Crippen LogP contribution in [-0.2, 0) is 6.42 Å². The van der Waals surface area contributed by atoms with Crippen molar-refractivity contribution < 1.29 is 9.53 Å². The molecular formula is C14H15N5O2S. The van der Waals surface area contributed by atoms with Crippen molar-refractivity contribution in [2.75, 3.05) is 13.7 Å². The van der Waals surface area contributed by atoms with Gasteiger partial charge in [-0.25, -0.2) is 0 Å². The number of hydrogen-bond donors (Lipinski definition) is 1. The summed E-state index contributed by atoms with van der Waals surface area (Å²) < 4.78 is 6.78. The summed E-state index contributed by atoms with van der Waals surface area (Å²) >= 11 is 1.48. The van der Waals surface area contributed by atoms with Crippen LogP contribution < -0.4 is 10.1 Å². The predicted molar refractivity (Wildman–Crippen MR) is 82.4 cm³/mol. The van der Waals surface area contributed by atoms with Crippen LogP contribution in [0.2, 0.25) is 0 Å². The number of carbonyl (C=O) groups excluding carboxylic acids is 1. The van der Waals surface area contributed by atoms with E-state index in [-0.39, 0.29) is 5.91 Å².